The number of benzene rings is 2. The van der Waals surface area contributed by atoms with E-state index in [-0.39, 0.29) is 5.91 Å². The minimum Gasteiger partial charge on any atom is -0.321 e. The average Bonchev–Trinajstić information content (AvgIpc) is 2.51. The van der Waals surface area contributed by atoms with Gasteiger partial charge in [0, 0.05) is 9.37 Å². The smallest absolute Gasteiger partial charge is 0.256 e. The second-order valence-corrected chi connectivity index (χ2v) is 7.13. The molecule has 0 fully saturated rings. The fourth-order valence-corrected chi connectivity index (χ4v) is 3.75. The standard InChI is InChI=1S/C18H20BrNOS/c1-3-4-11-22-17-8-6-5-7-14(17)18(21)20-16-10-9-13(2)12-15(16)19/h5-10,12H,3-4,11H2,1-2H3,(H,20,21). The van der Waals surface area contributed by atoms with Crippen molar-refractivity contribution in [2.75, 3.05) is 11.1 Å². The van der Waals surface area contributed by atoms with E-state index in [1.165, 1.54) is 0 Å². The molecule has 0 aromatic heterocycles. The number of anilines is 1. The van der Waals surface area contributed by atoms with Crippen LogP contribution in [0.15, 0.2) is 51.8 Å². The summed E-state index contributed by atoms with van der Waals surface area (Å²) < 4.78 is 0.900. The number of carbonyl (C=O) groups excluding carboxylic acids is 1. The summed E-state index contributed by atoms with van der Waals surface area (Å²) in [7, 11) is 0. The molecular formula is C18H20BrNOS. The Kier molecular flexibility index (Phi) is 6.52. The first-order valence-corrected chi connectivity index (χ1v) is 9.19. The molecule has 2 aromatic rings. The van der Waals surface area contributed by atoms with Gasteiger partial charge in [-0.05, 0) is 64.9 Å². The summed E-state index contributed by atoms with van der Waals surface area (Å²) in [6.07, 6.45) is 2.32. The van der Waals surface area contributed by atoms with Gasteiger partial charge in [0.2, 0.25) is 0 Å². The van der Waals surface area contributed by atoms with Crippen LogP contribution >= 0.6 is 27.7 Å². The maximum atomic E-state index is 12.6. The van der Waals surface area contributed by atoms with Gasteiger partial charge in [0.1, 0.15) is 0 Å². The molecule has 2 rings (SSSR count). The molecule has 2 aromatic carbocycles. The highest BCUT2D eigenvalue weighted by atomic mass is 79.9. The van der Waals surface area contributed by atoms with Gasteiger partial charge < -0.3 is 5.32 Å². The minimum atomic E-state index is -0.0656. The Morgan fingerprint density at radius 2 is 2.00 bits per heavy atom. The van der Waals surface area contributed by atoms with E-state index in [1.54, 1.807) is 11.8 Å². The molecule has 0 aliphatic heterocycles. The maximum Gasteiger partial charge on any atom is 0.256 e. The number of hydrogen-bond acceptors (Lipinski definition) is 2. The summed E-state index contributed by atoms with van der Waals surface area (Å²) in [5, 5.41) is 2.99. The van der Waals surface area contributed by atoms with Crippen molar-refractivity contribution in [3.05, 3.63) is 58.1 Å². The van der Waals surface area contributed by atoms with E-state index in [2.05, 4.69) is 28.2 Å². The third-order valence-corrected chi connectivity index (χ3v) is 5.08. The molecule has 0 saturated carbocycles. The van der Waals surface area contributed by atoms with E-state index in [9.17, 15) is 4.79 Å². The highest BCUT2D eigenvalue weighted by Gasteiger charge is 2.12. The number of carbonyl (C=O) groups is 1. The van der Waals surface area contributed by atoms with Crippen molar-refractivity contribution in [1.82, 2.24) is 0 Å². The summed E-state index contributed by atoms with van der Waals surface area (Å²) in [6, 6.07) is 13.7. The Labute approximate surface area is 144 Å². The molecule has 22 heavy (non-hydrogen) atoms. The Hall–Kier alpha value is -1.26. The monoisotopic (exact) mass is 377 g/mol. The van der Waals surface area contributed by atoms with Gasteiger partial charge in [-0.2, -0.15) is 0 Å². The van der Waals surface area contributed by atoms with Crippen LogP contribution in [0.25, 0.3) is 0 Å². The summed E-state index contributed by atoms with van der Waals surface area (Å²) in [5.41, 5.74) is 2.68. The number of nitrogens with one attached hydrogen (secondary N) is 1. The van der Waals surface area contributed by atoms with Crippen LogP contribution in [0.1, 0.15) is 35.7 Å². The fraction of sp³-hybridized carbons (Fsp3) is 0.278. The van der Waals surface area contributed by atoms with Crippen molar-refractivity contribution in [3.63, 3.8) is 0 Å². The van der Waals surface area contributed by atoms with Crippen molar-refractivity contribution in [2.45, 2.75) is 31.6 Å². The third-order valence-electron chi connectivity index (χ3n) is 3.26. The van der Waals surface area contributed by atoms with Crippen LogP contribution in [0, 0.1) is 6.92 Å². The Morgan fingerprint density at radius 3 is 2.73 bits per heavy atom. The van der Waals surface area contributed by atoms with Gasteiger partial charge in [-0.1, -0.05) is 31.5 Å². The number of hydrogen-bond donors (Lipinski definition) is 1. The molecule has 1 amide bonds. The molecule has 0 heterocycles. The first kappa shape index (κ1) is 17.1. The van der Waals surface area contributed by atoms with Crippen molar-refractivity contribution in [3.8, 4) is 0 Å². The lowest BCUT2D eigenvalue weighted by Crippen LogP contribution is -2.13. The number of halogens is 1. The maximum absolute atomic E-state index is 12.6. The second kappa shape index (κ2) is 8.39. The predicted molar refractivity (Wildman–Crippen MR) is 98.9 cm³/mol. The molecule has 1 N–H and O–H groups in total. The molecule has 0 aliphatic carbocycles. The van der Waals surface area contributed by atoms with E-state index in [4.69, 9.17) is 0 Å². The number of rotatable bonds is 6. The molecule has 0 atom stereocenters. The van der Waals surface area contributed by atoms with Crippen LogP contribution in [-0.2, 0) is 0 Å². The number of aryl methyl sites for hydroxylation is 1. The lowest BCUT2D eigenvalue weighted by Gasteiger charge is -2.11. The number of amides is 1. The lowest BCUT2D eigenvalue weighted by atomic mass is 10.2. The second-order valence-electron chi connectivity index (χ2n) is 5.14. The van der Waals surface area contributed by atoms with Crippen LogP contribution < -0.4 is 5.32 Å². The third kappa shape index (κ3) is 4.62. The van der Waals surface area contributed by atoms with Gasteiger partial charge in [0.05, 0.1) is 11.3 Å². The first-order chi connectivity index (χ1) is 10.6. The highest BCUT2D eigenvalue weighted by Crippen LogP contribution is 2.27. The van der Waals surface area contributed by atoms with Crippen LogP contribution in [0.4, 0.5) is 5.69 Å². The van der Waals surface area contributed by atoms with Gasteiger partial charge in [-0.3, -0.25) is 4.79 Å². The van der Waals surface area contributed by atoms with Crippen LogP contribution in [0.3, 0.4) is 0 Å². The number of thioether (sulfide) groups is 1. The van der Waals surface area contributed by atoms with Crippen LogP contribution in [0.2, 0.25) is 0 Å². The zero-order chi connectivity index (χ0) is 15.9. The number of unbranched alkanes of at least 4 members (excludes halogenated alkanes) is 1. The van der Waals surface area contributed by atoms with Crippen molar-refractivity contribution >= 4 is 39.3 Å². The summed E-state index contributed by atoms with van der Waals surface area (Å²) in [5.74, 6) is 0.971. The van der Waals surface area contributed by atoms with Crippen molar-refractivity contribution in [1.29, 1.82) is 0 Å². The van der Waals surface area contributed by atoms with E-state index >= 15 is 0 Å². The van der Waals surface area contributed by atoms with Gasteiger partial charge in [-0.25, -0.2) is 0 Å². The zero-order valence-corrected chi connectivity index (χ0v) is 15.3. The van der Waals surface area contributed by atoms with Crippen molar-refractivity contribution in [2.24, 2.45) is 0 Å². The predicted octanol–water partition coefficient (Wildman–Crippen LogP) is 5.90. The molecule has 0 bridgehead atoms. The van der Waals surface area contributed by atoms with Crippen LogP contribution in [-0.4, -0.2) is 11.7 Å². The van der Waals surface area contributed by atoms with Gasteiger partial charge in [-0.15, -0.1) is 11.8 Å². The van der Waals surface area contributed by atoms with E-state index < -0.39 is 0 Å². The SMILES string of the molecule is CCCCSc1ccccc1C(=O)Nc1ccc(C)cc1Br. The Bertz CT molecular complexity index is 657. The zero-order valence-electron chi connectivity index (χ0n) is 12.9. The van der Waals surface area contributed by atoms with Gasteiger partial charge in [0.25, 0.3) is 5.91 Å². The summed E-state index contributed by atoms with van der Waals surface area (Å²) >= 11 is 5.24. The Balaban J connectivity index is 2.15. The molecule has 0 aliphatic rings. The van der Waals surface area contributed by atoms with E-state index in [0.717, 1.165) is 44.8 Å². The molecule has 4 heteroatoms. The highest BCUT2D eigenvalue weighted by molar-refractivity contribution is 9.10. The molecular weight excluding hydrogens is 358 g/mol. The van der Waals surface area contributed by atoms with Gasteiger partial charge >= 0.3 is 0 Å². The summed E-state index contributed by atoms with van der Waals surface area (Å²) in [4.78, 5) is 13.6. The van der Waals surface area contributed by atoms with Crippen molar-refractivity contribution < 1.29 is 4.79 Å². The average molecular weight is 378 g/mol. The lowest BCUT2D eigenvalue weighted by molar-refractivity contribution is 0.102. The summed E-state index contributed by atoms with van der Waals surface area (Å²) in [6.45, 7) is 4.20. The fourth-order valence-electron chi connectivity index (χ4n) is 2.02. The quantitative estimate of drug-likeness (QED) is 0.501. The van der Waals surface area contributed by atoms with Crippen LogP contribution in [0.5, 0.6) is 0 Å². The first-order valence-electron chi connectivity index (χ1n) is 7.41. The largest absolute Gasteiger partial charge is 0.321 e. The van der Waals surface area contributed by atoms with E-state index in [1.807, 2.05) is 49.4 Å². The molecule has 0 unspecified atom stereocenters. The Morgan fingerprint density at radius 1 is 1.23 bits per heavy atom. The molecule has 0 spiro atoms. The van der Waals surface area contributed by atoms with E-state index in [0.29, 0.717) is 0 Å². The molecule has 0 saturated heterocycles. The van der Waals surface area contributed by atoms with Gasteiger partial charge in [0.15, 0.2) is 0 Å². The minimum absolute atomic E-state index is 0.0656. The molecule has 0 radical (unpaired) electrons. The normalized spacial score (nSPS) is 10.5. The topological polar surface area (TPSA) is 29.1 Å². The molecule has 116 valence electrons. The molecule has 2 nitrogen and oxygen atoms in total.